The van der Waals surface area contributed by atoms with Crippen LogP contribution in [0.25, 0.3) is 0 Å². The van der Waals surface area contributed by atoms with Crippen LogP contribution in [0.5, 0.6) is 5.75 Å². The Bertz CT molecular complexity index is 703. The second-order valence-corrected chi connectivity index (χ2v) is 6.04. The summed E-state index contributed by atoms with van der Waals surface area (Å²) < 4.78 is 22.2. The van der Waals surface area contributed by atoms with Crippen LogP contribution < -0.4 is 5.14 Å². The lowest BCUT2D eigenvalue weighted by atomic mass is 10.1. The highest BCUT2D eigenvalue weighted by molar-refractivity contribution is 7.89. The van der Waals surface area contributed by atoms with Gasteiger partial charge in [0, 0.05) is 10.9 Å². The van der Waals surface area contributed by atoms with Crippen LogP contribution in [-0.4, -0.2) is 19.3 Å². The number of carbonyl (C=O) groups excluding carboxylic acids is 1. The van der Waals surface area contributed by atoms with E-state index < -0.39 is 10.0 Å². The minimum atomic E-state index is -3.80. The summed E-state index contributed by atoms with van der Waals surface area (Å²) in [7, 11) is -3.80. The molecular formula is C11H9NO4S2. The molecule has 0 aliphatic rings. The smallest absolute Gasteiger partial charge is 0.238 e. The van der Waals surface area contributed by atoms with Gasteiger partial charge in [-0.05, 0) is 18.2 Å². The summed E-state index contributed by atoms with van der Waals surface area (Å²) in [4.78, 5) is 12.2. The topological polar surface area (TPSA) is 97.5 Å². The van der Waals surface area contributed by atoms with Gasteiger partial charge in [0.2, 0.25) is 15.8 Å². The van der Waals surface area contributed by atoms with Gasteiger partial charge in [-0.2, -0.15) is 0 Å². The number of aromatic hydroxyl groups is 1. The van der Waals surface area contributed by atoms with Crippen molar-refractivity contribution in [2.75, 3.05) is 0 Å². The molecule has 0 bridgehead atoms. The Morgan fingerprint density at radius 3 is 2.56 bits per heavy atom. The molecule has 0 radical (unpaired) electrons. The maximum absolute atomic E-state index is 12.0. The lowest BCUT2D eigenvalue weighted by Crippen LogP contribution is -2.11. The van der Waals surface area contributed by atoms with Gasteiger partial charge in [0.05, 0.1) is 9.77 Å². The highest BCUT2D eigenvalue weighted by Crippen LogP contribution is 2.22. The van der Waals surface area contributed by atoms with E-state index >= 15 is 0 Å². The number of thiophene rings is 1. The predicted octanol–water partition coefficient (Wildman–Crippen LogP) is 1.33. The Hall–Kier alpha value is -1.70. The molecule has 0 unspecified atom stereocenters. The van der Waals surface area contributed by atoms with E-state index in [0.29, 0.717) is 0 Å². The fourth-order valence-electron chi connectivity index (χ4n) is 1.38. The summed E-state index contributed by atoms with van der Waals surface area (Å²) in [6.45, 7) is 0. The number of carbonyl (C=O) groups is 1. The number of primary sulfonamides is 1. The lowest BCUT2D eigenvalue weighted by Gasteiger charge is -1.98. The number of nitrogens with two attached hydrogens (primary N) is 1. The highest BCUT2D eigenvalue weighted by atomic mass is 32.2. The van der Waals surface area contributed by atoms with E-state index in [1.54, 1.807) is 6.07 Å². The number of sulfonamides is 1. The van der Waals surface area contributed by atoms with E-state index in [0.717, 1.165) is 11.3 Å². The van der Waals surface area contributed by atoms with E-state index in [4.69, 9.17) is 5.14 Å². The first-order valence-electron chi connectivity index (χ1n) is 4.83. The zero-order valence-electron chi connectivity index (χ0n) is 9.03. The van der Waals surface area contributed by atoms with Crippen molar-refractivity contribution in [2.45, 2.75) is 4.90 Å². The first-order valence-corrected chi connectivity index (χ1v) is 7.25. The number of rotatable bonds is 3. The molecule has 2 aromatic rings. The van der Waals surface area contributed by atoms with Gasteiger partial charge >= 0.3 is 0 Å². The van der Waals surface area contributed by atoms with E-state index in [1.165, 1.54) is 29.6 Å². The third-order valence-corrected chi connectivity index (χ3v) is 4.21. The number of hydrogen-bond donors (Lipinski definition) is 2. The largest absolute Gasteiger partial charge is 0.508 e. The normalized spacial score (nSPS) is 11.4. The Morgan fingerprint density at radius 1 is 1.28 bits per heavy atom. The molecule has 1 aromatic heterocycles. The SMILES string of the molecule is NS(=O)(=O)c1csc(C(=O)c2cccc(O)c2)c1. The van der Waals surface area contributed by atoms with Crippen LogP contribution in [0.4, 0.5) is 0 Å². The minimum absolute atomic E-state index is 0.0240. The number of hydrogen-bond acceptors (Lipinski definition) is 5. The van der Waals surface area contributed by atoms with Crippen LogP contribution >= 0.6 is 11.3 Å². The van der Waals surface area contributed by atoms with Gasteiger partial charge < -0.3 is 5.11 Å². The quantitative estimate of drug-likeness (QED) is 0.830. The van der Waals surface area contributed by atoms with E-state index in [2.05, 4.69) is 0 Å². The molecule has 1 aromatic carbocycles. The second-order valence-electron chi connectivity index (χ2n) is 3.57. The third kappa shape index (κ3) is 2.58. The van der Waals surface area contributed by atoms with Crippen LogP contribution in [0.2, 0.25) is 0 Å². The maximum Gasteiger partial charge on any atom is 0.238 e. The zero-order chi connectivity index (χ0) is 13.3. The van der Waals surface area contributed by atoms with Crippen LogP contribution in [0.3, 0.4) is 0 Å². The molecule has 18 heavy (non-hydrogen) atoms. The zero-order valence-corrected chi connectivity index (χ0v) is 10.7. The van der Waals surface area contributed by atoms with Crippen LogP contribution in [-0.2, 0) is 10.0 Å². The van der Waals surface area contributed by atoms with Crippen molar-refractivity contribution in [3.05, 3.63) is 46.2 Å². The van der Waals surface area contributed by atoms with Crippen LogP contribution in [0, 0.1) is 0 Å². The number of phenols is 1. The summed E-state index contributed by atoms with van der Waals surface area (Å²) >= 11 is 0.995. The van der Waals surface area contributed by atoms with Gasteiger partial charge in [-0.3, -0.25) is 4.79 Å². The fraction of sp³-hybridized carbons (Fsp3) is 0. The summed E-state index contributed by atoms with van der Waals surface area (Å²) in [5, 5.41) is 15.6. The fourth-order valence-corrected chi connectivity index (χ4v) is 3.15. The monoisotopic (exact) mass is 283 g/mol. The van der Waals surface area contributed by atoms with E-state index in [-0.39, 0.29) is 26.9 Å². The molecule has 94 valence electrons. The van der Waals surface area contributed by atoms with E-state index in [1.807, 2.05) is 0 Å². The summed E-state index contributed by atoms with van der Waals surface area (Å²) in [5.74, 6) is -0.380. The molecule has 3 N–H and O–H groups in total. The molecule has 0 aliphatic heterocycles. The van der Waals surface area contributed by atoms with Crippen molar-refractivity contribution in [3.8, 4) is 5.75 Å². The standard InChI is InChI=1S/C11H9NO4S2/c12-18(15,16)9-5-10(17-6-9)11(14)7-2-1-3-8(13)4-7/h1-6,13H,(H2,12,15,16). The third-order valence-electron chi connectivity index (χ3n) is 2.24. The van der Waals surface area contributed by atoms with Gasteiger partial charge in [0.15, 0.2) is 0 Å². The minimum Gasteiger partial charge on any atom is -0.508 e. The molecule has 0 aliphatic carbocycles. The molecule has 0 spiro atoms. The molecule has 1 heterocycles. The molecule has 0 fully saturated rings. The average Bonchev–Trinajstić information content (AvgIpc) is 2.77. The molecule has 5 nitrogen and oxygen atoms in total. The molecule has 0 atom stereocenters. The predicted molar refractivity (Wildman–Crippen MR) is 67.2 cm³/mol. The Morgan fingerprint density at radius 2 is 2.00 bits per heavy atom. The Balaban J connectivity index is 2.38. The van der Waals surface area contributed by atoms with Gasteiger partial charge in [-0.15, -0.1) is 11.3 Å². The van der Waals surface area contributed by atoms with Crippen molar-refractivity contribution in [1.82, 2.24) is 0 Å². The maximum atomic E-state index is 12.0. The number of benzene rings is 1. The molecule has 2 rings (SSSR count). The molecule has 7 heteroatoms. The first-order chi connectivity index (χ1) is 8.38. The molecule has 0 amide bonds. The van der Waals surface area contributed by atoms with Crippen molar-refractivity contribution in [1.29, 1.82) is 0 Å². The van der Waals surface area contributed by atoms with Crippen molar-refractivity contribution < 1.29 is 18.3 Å². The molecular weight excluding hydrogens is 274 g/mol. The lowest BCUT2D eigenvalue weighted by molar-refractivity contribution is 0.104. The summed E-state index contributed by atoms with van der Waals surface area (Å²) in [6.07, 6.45) is 0. The number of ketones is 1. The van der Waals surface area contributed by atoms with E-state index in [9.17, 15) is 18.3 Å². The van der Waals surface area contributed by atoms with Gasteiger partial charge in [0.1, 0.15) is 5.75 Å². The van der Waals surface area contributed by atoms with Crippen LogP contribution in [0.15, 0.2) is 40.6 Å². The first kappa shape index (κ1) is 12.7. The average molecular weight is 283 g/mol. The second kappa shape index (κ2) is 4.52. The summed E-state index contributed by atoms with van der Waals surface area (Å²) in [6, 6.07) is 7.07. The Kier molecular flexibility index (Phi) is 3.20. The van der Waals surface area contributed by atoms with Gasteiger partial charge in [-0.1, -0.05) is 12.1 Å². The Labute approximate surface area is 108 Å². The summed E-state index contributed by atoms with van der Waals surface area (Å²) in [5.41, 5.74) is 0.290. The van der Waals surface area contributed by atoms with Gasteiger partial charge in [0.25, 0.3) is 0 Å². The van der Waals surface area contributed by atoms with Crippen molar-refractivity contribution in [3.63, 3.8) is 0 Å². The van der Waals surface area contributed by atoms with Crippen LogP contribution in [0.1, 0.15) is 15.2 Å². The van der Waals surface area contributed by atoms with Gasteiger partial charge in [-0.25, -0.2) is 13.6 Å². The molecule has 0 saturated carbocycles. The highest BCUT2D eigenvalue weighted by Gasteiger charge is 2.16. The van der Waals surface area contributed by atoms with Crippen molar-refractivity contribution in [2.24, 2.45) is 5.14 Å². The molecule has 0 saturated heterocycles. The van der Waals surface area contributed by atoms with Crippen molar-refractivity contribution >= 4 is 27.1 Å². The number of phenolic OH excluding ortho intramolecular Hbond substituents is 1.